The summed E-state index contributed by atoms with van der Waals surface area (Å²) in [6.45, 7) is 2.96. The highest BCUT2D eigenvalue weighted by molar-refractivity contribution is 7.44. The lowest BCUT2D eigenvalue weighted by atomic mass is 10.0. The Morgan fingerprint density at radius 1 is 1.07 bits per heavy atom. The number of aliphatic hydroxyl groups excluding tert-OH is 1. The fourth-order valence-electron chi connectivity index (χ4n) is 2.96. The Hall–Kier alpha value is -0.760. The van der Waals surface area contributed by atoms with E-state index in [1.807, 2.05) is 6.08 Å². The number of allylic oxidation sites excluding steroid dienone is 1. The maximum absolute atomic E-state index is 11.2. The number of hydrogen-bond donors (Lipinski definition) is 4. The topological polar surface area (TPSA) is 155 Å². The van der Waals surface area contributed by atoms with Gasteiger partial charge in [-0.2, -0.15) is 0 Å². The van der Waals surface area contributed by atoms with Gasteiger partial charge in [-0.25, -0.2) is 0 Å². The van der Waals surface area contributed by atoms with Crippen molar-refractivity contribution in [3.05, 3.63) is 12.2 Å². The average molecular weight is 439 g/mol. The van der Waals surface area contributed by atoms with Crippen LogP contribution in [0, 0.1) is 0 Å². The summed E-state index contributed by atoms with van der Waals surface area (Å²) >= 11 is 0. The second-order valence-electron chi connectivity index (χ2n) is 7.31. The lowest BCUT2D eigenvalue weighted by molar-refractivity contribution is -0.220. The van der Waals surface area contributed by atoms with Gasteiger partial charge in [-0.1, -0.05) is 83.3 Å². The van der Waals surface area contributed by atoms with Gasteiger partial charge >= 0.3 is 0 Å². The van der Waals surface area contributed by atoms with E-state index in [4.69, 9.17) is 4.89 Å². The number of unbranched alkanes of at least 4 members (excludes halogenated alkanes) is 11. The van der Waals surface area contributed by atoms with Crippen molar-refractivity contribution in [2.45, 2.75) is 103 Å². The summed E-state index contributed by atoms with van der Waals surface area (Å²) in [7, 11) is -4.90. The molecular weight excluding hydrogens is 395 g/mol. The van der Waals surface area contributed by atoms with Gasteiger partial charge in [0.1, 0.15) is 0 Å². The second kappa shape index (κ2) is 19.2. The zero-order chi connectivity index (χ0) is 21.3. The number of quaternary nitrogens is 1. The van der Waals surface area contributed by atoms with Crippen LogP contribution in [0.3, 0.4) is 0 Å². The minimum Gasteiger partial charge on any atom is -0.756 e. The van der Waals surface area contributed by atoms with Gasteiger partial charge in [0, 0.05) is 6.92 Å². The fourth-order valence-corrected chi connectivity index (χ4v) is 3.31. The molecule has 0 aromatic heterocycles. The molecule has 3 unspecified atom stereocenters. The molecule has 0 saturated heterocycles. The summed E-state index contributed by atoms with van der Waals surface area (Å²) in [4.78, 5) is 30.5. The van der Waals surface area contributed by atoms with E-state index in [0.717, 1.165) is 19.3 Å². The molecule has 174 valence electrons. The largest absolute Gasteiger partial charge is 0.756 e. The third kappa shape index (κ3) is 21.8. The summed E-state index contributed by atoms with van der Waals surface area (Å²) < 4.78 is 15.0. The van der Waals surface area contributed by atoms with E-state index in [9.17, 15) is 19.4 Å². The Kier molecular flexibility index (Phi) is 20.2. The molecule has 0 saturated carbocycles. The van der Waals surface area contributed by atoms with Crippen LogP contribution in [-0.2, 0) is 13.9 Å². The van der Waals surface area contributed by atoms with Crippen molar-refractivity contribution in [2.75, 3.05) is 6.61 Å². The van der Waals surface area contributed by atoms with Gasteiger partial charge in [0.15, 0.2) is 0 Å². The average Bonchev–Trinajstić information content (AvgIpc) is 2.61. The Labute approximate surface area is 176 Å². The maximum Gasteiger partial charge on any atom is 0.265 e. The first-order chi connectivity index (χ1) is 13.3. The molecule has 0 aliphatic carbocycles. The van der Waals surface area contributed by atoms with Crippen LogP contribution >= 0.6 is 7.82 Å². The van der Waals surface area contributed by atoms with Crippen molar-refractivity contribution >= 4 is 13.7 Å². The molecule has 0 heterocycles. The third-order valence-electron chi connectivity index (χ3n) is 4.53. The number of nitrogens with one attached hydrogen (secondary N) is 1. The lowest BCUT2D eigenvalue weighted by Crippen LogP contribution is -2.44. The Balaban J connectivity index is 0. The molecule has 1 amide bonds. The van der Waals surface area contributed by atoms with Crippen molar-refractivity contribution in [3.8, 4) is 0 Å². The monoisotopic (exact) mass is 438 g/mol. The van der Waals surface area contributed by atoms with Crippen LogP contribution in [0.4, 0.5) is 0 Å². The molecule has 8 nitrogen and oxygen atoms in total. The molecule has 9 heteroatoms. The molecule has 0 bridgehead atoms. The Morgan fingerprint density at radius 2 is 1.55 bits per heavy atom. The molecule has 0 rings (SSSR count). The maximum atomic E-state index is 11.2. The SMILES string of the molecule is CCCCCCCCCCCCCC=CC(O)C(COP(=O)([O-])O)NC(C)=O.[NH4+]. The van der Waals surface area contributed by atoms with Crippen molar-refractivity contribution in [1.82, 2.24) is 11.5 Å². The first kappa shape index (κ1) is 30.4. The van der Waals surface area contributed by atoms with E-state index in [2.05, 4.69) is 16.8 Å². The van der Waals surface area contributed by atoms with Gasteiger partial charge in [-0.3, -0.25) is 9.36 Å². The Bertz CT molecular complexity index is 470. The molecule has 0 aromatic carbocycles. The van der Waals surface area contributed by atoms with E-state index < -0.39 is 32.5 Å². The molecule has 0 spiro atoms. The summed E-state index contributed by atoms with van der Waals surface area (Å²) in [6, 6.07) is -0.944. The highest BCUT2D eigenvalue weighted by Crippen LogP contribution is 2.30. The Morgan fingerprint density at radius 3 is 2.00 bits per heavy atom. The third-order valence-corrected chi connectivity index (χ3v) is 5.00. The summed E-state index contributed by atoms with van der Waals surface area (Å²) in [5, 5.41) is 12.5. The molecule has 0 fully saturated rings. The molecule has 0 aromatic rings. The van der Waals surface area contributed by atoms with Crippen LogP contribution in [0.15, 0.2) is 12.2 Å². The van der Waals surface area contributed by atoms with Gasteiger partial charge in [0.2, 0.25) is 5.91 Å². The smallest absolute Gasteiger partial charge is 0.265 e. The quantitative estimate of drug-likeness (QED) is 0.144. The first-order valence-corrected chi connectivity index (χ1v) is 12.1. The number of carbonyl (C=O) groups excluding carboxylic acids is 1. The van der Waals surface area contributed by atoms with Crippen LogP contribution in [-0.4, -0.2) is 34.7 Å². The van der Waals surface area contributed by atoms with Gasteiger partial charge < -0.3 is 30.9 Å². The minimum absolute atomic E-state index is 0. The second-order valence-corrected chi connectivity index (χ2v) is 8.51. The van der Waals surface area contributed by atoms with Crippen LogP contribution in [0.5, 0.6) is 0 Å². The van der Waals surface area contributed by atoms with E-state index >= 15 is 0 Å². The lowest BCUT2D eigenvalue weighted by Gasteiger charge is -2.24. The van der Waals surface area contributed by atoms with Crippen molar-refractivity contribution < 1.29 is 28.8 Å². The van der Waals surface area contributed by atoms with Gasteiger partial charge in [-0.15, -0.1) is 0 Å². The number of phosphoric acid groups is 1. The number of carbonyl (C=O) groups is 1. The first-order valence-electron chi connectivity index (χ1n) is 10.6. The highest BCUT2D eigenvalue weighted by Gasteiger charge is 2.20. The van der Waals surface area contributed by atoms with E-state index in [0.29, 0.717) is 0 Å². The number of hydrogen-bond acceptors (Lipinski definition) is 5. The van der Waals surface area contributed by atoms with Crippen LogP contribution in [0.25, 0.3) is 0 Å². The number of aliphatic hydroxyl groups is 1. The predicted octanol–water partition coefficient (Wildman–Crippen LogP) is 3.96. The zero-order valence-corrected chi connectivity index (χ0v) is 19.4. The molecular formula is C20H43N2O6P. The molecule has 3 atom stereocenters. The summed E-state index contributed by atoms with van der Waals surface area (Å²) in [6.07, 6.45) is 17.0. The highest BCUT2D eigenvalue weighted by atomic mass is 31.2. The number of amides is 1. The fraction of sp³-hybridized carbons (Fsp3) is 0.850. The van der Waals surface area contributed by atoms with E-state index in [-0.39, 0.29) is 6.15 Å². The van der Waals surface area contributed by atoms with E-state index in [1.165, 1.54) is 70.8 Å². The van der Waals surface area contributed by atoms with Crippen LogP contribution in [0.1, 0.15) is 90.9 Å². The van der Waals surface area contributed by atoms with Crippen LogP contribution < -0.4 is 16.4 Å². The minimum atomic E-state index is -4.90. The summed E-state index contributed by atoms with van der Waals surface area (Å²) in [5.74, 6) is -0.426. The zero-order valence-electron chi connectivity index (χ0n) is 18.5. The van der Waals surface area contributed by atoms with Gasteiger partial charge in [0.05, 0.1) is 18.8 Å². The standard InChI is InChI=1S/C20H40NO6P.H3N/c1-3-4-5-6-7-8-9-10-11-12-13-14-15-16-20(23)19(21-18(2)22)17-27-28(24,25)26;/h15-16,19-20,23H,3-14,17H2,1-2H3,(H,21,22)(H2,24,25,26);1H3. The molecule has 29 heavy (non-hydrogen) atoms. The normalized spacial score (nSPS) is 15.5. The number of phosphoric ester groups is 1. The predicted molar refractivity (Wildman–Crippen MR) is 116 cm³/mol. The number of rotatable bonds is 18. The molecule has 0 radical (unpaired) electrons. The molecule has 7 N–H and O–H groups in total. The van der Waals surface area contributed by atoms with Crippen LogP contribution in [0.2, 0.25) is 0 Å². The summed E-state index contributed by atoms with van der Waals surface area (Å²) in [5.41, 5.74) is 0. The van der Waals surface area contributed by atoms with Gasteiger partial charge in [0.25, 0.3) is 7.82 Å². The molecule has 0 aliphatic rings. The van der Waals surface area contributed by atoms with Gasteiger partial charge in [-0.05, 0) is 12.8 Å². The van der Waals surface area contributed by atoms with E-state index in [1.54, 1.807) is 0 Å². The van der Waals surface area contributed by atoms with Crippen molar-refractivity contribution in [1.29, 1.82) is 0 Å². The van der Waals surface area contributed by atoms with Crippen molar-refractivity contribution in [2.24, 2.45) is 0 Å². The molecule has 0 aliphatic heterocycles. The van der Waals surface area contributed by atoms with Crippen molar-refractivity contribution in [3.63, 3.8) is 0 Å².